The first-order valence-electron chi connectivity index (χ1n) is 5.62. The van der Waals surface area contributed by atoms with Crippen LogP contribution in [0.3, 0.4) is 0 Å². The van der Waals surface area contributed by atoms with Crippen molar-refractivity contribution in [1.29, 1.82) is 0 Å². The lowest BCUT2D eigenvalue weighted by molar-refractivity contribution is 0.411. The molecule has 1 atom stereocenters. The first kappa shape index (κ1) is 11.7. The van der Waals surface area contributed by atoms with Crippen LogP contribution < -0.4 is 10.1 Å². The van der Waals surface area contributed by atoms with Crippen molar-refractivity contribution >= 4 is 0 Å². The van der Waals surface area contributed by atoms with E-state index < -0.39 is 0 Å². The van der Waals surface area contributed by atoms with E-state index in [1.54, 1.807) is 13.3 Å². The molecule has 1 N–H and O–H groups in total. The lowest BCUT2D eigenvalue weighted by Crippen LogP contribution is -2.22. The first-order valence-corrected chi connectivity index (χ1v) is 5.62. The molecule has 0 amide bonds. The lowest BCUT2D eigenvalue weighted by Gasteiger charge is -2.17. The molecular weight excluding hydrogens is 214 g/mol. The van der Waals surface area contributed by atoms with Crippen LogP contribution in [-0.4, -0.2) is 23.9 Å². The number of hydrogen-bond donors (Lipinski definition) is 1. The maximum Gasteiger partial charge on any atom is 0.119 e. The van der Waals surface area contributed by atoms with Crippen LogP contribution in [0.2, 0.25) is 0 Å². The predicted octanol–water partition coefficient (Wildman–Crippen LogP) is 1.85. The largest absolute Gasteiger partial charge is 0.497 e. The average molecular weight is 231 g/mol. The highest BCUT2D eigenvalue weighted by atomic mass is 16.5. The molecule has 2 aromatic rings. The molecule has 0 bridgehead atoms. The average Bonchev–Trinajstić information content (AvgIpc) is 2.89. The van der Waals surface area contributed by atoms with Crippen molar-refractivity contribution in [3.63, 3.8) is 0 Å². The summed E-state index contributed by atoms with van der Waals surface area (Å²) in [5, 5.41) is 7.51. The molecule has 1 unspecified atom stereocenters. The Labute approximate surface area is 101 Å². The Morgan fingerprint density at radius 1 is 1.41 bits per heavy atom. The van der Waals surface area contributed by atoms with Crippen molar-refractivity contribution in [2.24, 2.45) is 0 Å². The van der Waals surface area contributed by atoms with Crippen molar-refractivity contribution in [2.45, 2.75) is 12.6 Å². The summed E-state index contributed by atoms with van der Waals surface area (Å²) in [6.07, 6.45) is 3.75. The van der Waals surface area contributed by atoms with Crippen LogP contribution in [0.25, 0.3) is 0 Å². The van der Waals surface area contributed by atoms with Gasteiger partial charge >= 0.3 is 0 Å². The fraction of sp³-hybridized carbons (Fsp3) is 0.308. The second-order valence-corrected chi connectivity index (χ2v) is 3.85. The normalized spacial score (nSPS) is 12.4. The Hall–Kier alpha value is -1.81. The molecule has 90 valence electrons. The van der Waals surface area contributed by atoms with Gasteiger partial charge in [0.1, 0.15) is 5.75 Å². The number of benzene rings is 1. The summed E-state index contributed by atoms with van der Waals surface area (Å²) in [7, 11) is 3.63. The summed E-state index contributed by atoms with van der Waals surface area (Å²) < 4.78 is 7.15. The minimum atomic E-state index is 0.227. The molecule has 1 heterocycles. The lowest BCUT2D eigenvalue weighted by atomic mass is 10.1. The summed E-state index contributed by atoms with van der Waals surface area (Å²) in [5.41, 5.74) is 1.20. The fourth-order valence-electron chi connectivity index (χ4n) is 1.82. The van der Waals surface area contributed by atoms with Gasteiger partial charge in [-0.05, 0) is 30.8 Å². The van der Waals surface area contributed by atoms with Crippen LogP contribution in [0, 0.1) is 0 Å². The maximum atomic E-state index is 5.23. The molecule has 4 nitrogen and oxygen atoms in total. The second kappa shape index (κ2) is 5.50. The van der Waals surface area contributed by atoms with E-state index in [4.69, 9.17) is 4.74 Å². The molecule has 17 heavy (non-hydrogen) atoms. The fourth-order valence-corrected chi connectivity index (χ4v) is 1.82. The molecule has 0 aliphatic heterocycles. The van der Waals surface area contributed by atoms with Crippen molar-refractivity contribution in [2.75, 3.05) is 14.2 Å². The van der Waals surface area contributed by atoms with E-state index in [1.165, 1.54) is 5.56 Å². The van der Waals surface area contributed by atoms with Crippen LogP contribution >= 0.6 is 0 Å². The molecule has 0 saturated carbocycles. The Balaban J connectivity index is 2.16. The minimum absolute atomic E-state index is 0.227. The first-order chi connectivity index (χ1) is 8.33. The van der Waals surface area contributed by atoms with Crippen molar-refractivity contribution in [1.82, 2.24) is 15.1 Å². The number of ether oxygens (including phenoxy) is 1. The molecule has 0 fully saturated rings. The summed E-state index contributed by atoms with van der Waals surface area (Å²) in [4.78, 5) is 0. The van der Waals surface area contributed by atoms with Crippen LogP contribution in [0.15, 0.2) is 42.7 Å². The van der Waals surface area contributed by atoms with Crippen LogP contribution in [0.5, 0.6) is 5.75 Å². The molecule has 0 radical (unpaired) electrons. The third-order valence-corrected chi connectivity index (χ3v) is 2.77. The molecule has 2 rings (SSSR count). The molecule has 0 aliphatic carbocycles. The maximum absolute atomic E-state index is 5.23. The standard InChI is InChI=1S/C13H17N3O/c1-14-13(10-16-8-4-7-15-16)11-5-3-6-12(9-11)17-2/h3-9,13-14H,10H2,1-2H3. The minimum Gasteiger partial charge on any atom is -0.497 e. The smallest absolute Gasteiger partial charge is 0.119 e. The van der Waals surface area contributed by atoms with Crippen molar-refractivity contribution < 1.29 is 4.74 Å². The topological polar surface area (TPSA) is 39.1 Å². The predicted molar refractivity (Wildman–Crippen MR) is 67.0 cm³/mol. The Morgan fingerprint density at radius 3 is 2.94 bits per heavy atom. The Morgan fingerprint density at radius 2 is 2.29 bits per heavy atom. The Bertz CT molecular complexity index is 453. The SMILES string of the molecule is CNC(Cn1cccn1)c1cccc(OC)c1. The monoisotopic (exact) mass is 231 g/mol. The summed E-state index contributed by atoms with van der Waals surface area (Å²) in [5.74, 6) is 0.878. The molecule has 0 aliphatic rings. The van der Waals surface area contributed by atoms with E-state index in [2.05, 4.69) is 16.5 Å². The van der Waals surface area contributed by atoms with Gasteiger partial charge < -0.3 is 10.1 Å². The van der Waals surface area contributed by atoms with Crippen LogP contribution in [0.4, 0.5) is 0 Å². The molecule has 1 aromatic heterocycles. The van der Waals surface area contributed by atoms with E-state index in [-0.39, 0.29) is 6.04 Å². The van der Waals surface area contributed by atoms with Gasteiger partial charge in [0, 0.05) is 12.4 Å². The zero-order valence-electron chi connectivity index (χ0n) is 10.1. The van der Waals surface area contributed by atoms with Gasteiger partial charge in [-0.3, -0.25) is 4.68 Å². The number of likely N-dealkylation sites (N-methyl/N-ethyl adjacent to an activating group) is 1. The van der Waals surface area contributed by atoms with E-state index >= 15 is 0 Å². The molecule has 4 heteroatoms. The second-order valence-electron chi connectivity index (χ2n) is 3.85. The number of methoxy groups -OCH3 is 1. The summed E-state index contributed by atoms with van der Waals surface area (Å²) in [6.45, 7) is 0.802. The Kier molecular flexibility index (Phi) is 3.77. The van der Waals surface area contributed by atoms with Gasteiger partial charge in [0.2, 0.25) is 0 Å². The molecule has 1 aromatic carbocycles. The highest BCUT2D eigenvalue weighted by molar-refractivity contribution is 5.30. The van der Waals surface area contributed by atoms with Crippen molar-refractivity contribution in [3.05, 3.63) is 48.3 Å². The highest BCUT2D eigenvalue weighted by Crippen LogP contribution is 2.19. The van der Waals surface area contributed by atoms with Crippen molar-refractivity contribution in [3.8, 4) is 5.75 Å². The van der Waals surface area contributed by atoms with Crippen LogP contribution in [-0.2, 0) is 6.54 Å². The van der Waals surface area contributed by atoms with Crippen LogP contribution in [0.1, 0.15) is 11.6 Å². The molecular formula is C13H17N3O. The summed E-state index contributed by atoms with van der Waals surface area (Å²) in [6, 6.07) is 10.2. The summed E-state index contributed by atoms with van der Waals surface area (Å²) >= 11 is 0. The zero-order chi connectivity index (χ0) is 12.1. The number of rotatable bonds is 5. The number of nitrogens with zero attached hydrogens (tertiary/aromatic N) is 2. The third-order valence-electron chi connectivity index (χ3n) is 2.77. The van der Waals surface area contributed by atoms with Gasteiger partial charge in [0.05, 0.1) is 19.7 Å². The number of hydrogen-bond acceptors (Lipinski definition) is 3. The van der Waals surface area contributed by atoms with Gasteiger partial charge in [0.25, 0.3) is 0 Å². The van der Waals surface area contributed by atoms with Gasteiger partial charge in [-0.1, -0.05) is 12.1 Å². The van der Waals surface area contributed by atoms with E-state index in [9.17, 15) is 0 Å². The van der Waals surface area contributed by atoms with Gasteiger partial charge in [-0.25, -0.2) is 0 Å². The van der Waals surface area contributed by atoms with Gasteiger partial charge in [-0.2, -0.15) is 5.10 Å². The zero-order valence-corrected chi connectivity index (χ0v) is 10.1. The molecule has 0 saturated heterocycles. The third kappa shape index (κ3) is 2.85. The van der Waals surface area contributed by atoms with Gasteiger partial charge in [-0.15, -0.1) is 0 Å². The number of nitrogens with one attached hydrogen (secondary N) is 1. The highest BCUT2D eigenvalue weighted by Gasteiger charge is 2.10. The molecule has 0 spiro atoms. The van der Waals surface area contributed by atoms with Gasteiger partial charge in [0.15, 0.2) is 0 Å². The number of aromatic nitrogens is 2. The van der Waals surface area contributed by atoms with E-state index in [1.807, 2.05) is 42.2 Å². The van der Waals surface area contributed by atoms with E-state index in [0.29, 0.717) is 0 Å². The van der Waals surface area contributed by atoms with E-state index in [0.717, 1.165) is 12.3 Å². The quantitative estimate of drug-likeness (QED) is 0.853.